The summed E-state index contributed by atoms with van der Waals surface area (Å²) in [6, 6.07) is 5.76. The highest BCUT2D eigenvalue weighted by Crippen LogP contribution is 2.30. The van der Waals surface area contributed by atoms with Crippen LogP contribution >= 0.6 is 15.9 Å². The molecule has 1 aliphatic rings. The van der Waals surface area contributed by atoms with Gasteiger partial charge in [-0.25, -0.2) is 4.39 Å². The van der Waals surface area contributed by atoms with Crippen molar-refractivity contribution < 1.29 is 4.39 Å². The normalized spacial score (nSPS) is 25.1. The maximum absolute atomic E-state index is 13.4. The minimum absolute atomic E-state index is 0.177. The third-order valence-corrected chi connectivity index (χ3v) is 3.97. The number of nitrogens with one attached hydrogen (secondary N) is 1. The molecule has 2 rings (SSSR count). The van der Waals surface area contributed by atoms with Gasteiger partial charge in [-0.05, 0) is 47.5 Å². The van der Waals surface area contributed by atoms with E-state index < -0.39 is 0 Å². The van der Waals surface area contributed by atoms with E-state index in [0.717, 1.165) is 29.7 Å². The number of nitrogens with zero attached hydrogens (tertiary/aromatic N) is 1. The molecule has 1 aromatic rings. The Morgan fingerprint density at radius 3 is 3.00 bits per heavy atom. The molecule has 1 aromatic carbocycles. The molecule has 1 aliphatic heterocycles. The topological polar surface area (TPSA) is 15.3 Å². The van der Waals surface area contributed by atoms with Gasteiger partial charge in [0.2, 0.25) is 0 Å². The fraction of sp³-hybridized carbons (Fsp3) is 0.538. The Morgan fingerprint density at radius 2 is 2.29 bits per heavy atom. The van der Waals surface area contributed by atoms with Crippen LogP contribution in [-0.2, 0) is 0 Å². The zero-order valence-corrected chi connectivity index (χ0v) is 11.8. The number of anilines is 1. The van der Waals surface area contributed by atoms with Crippen molar-refractivity contribution in [3.63, 3.8) is 0 Å². The largest absolute Gasteiger partial charge is 0.365 e. The Morgan fingerprint density at radius 1 is 1.53 bits per heavy atom. The van der Waals surface area contributed by atoms with E-state index in [0.29, 0.717) is 12.1 Å². The molecule has 0 radical (unpaired) electrons. The minimum Gasteiger partial charge on any atom is -0.365 e. The molecule has 2 nitrogen and oxygen atoms in total. The first-order valence-corrected chi connectivity index (χ1v) is 6.86. The van der Waals surface area contributed by atoms with Gasteiger partial charge in [-0.3, -0.25) is 0 Å². The number of halogens is 2. The summed E-state index contributed by atoms with van der Waals surface area (Å²) >= 11 is 3.51. The first kappa shape index (κ1) is 12.8. The summed E-state index contributed by atoms with van der Waals surface area (Å²) < 4.78 is 14.3. The van der Waals surface area contributed by atoms with Crippen molar-refractivity contribution in [3.05, 3.63) is 28.5 Å². The molecule has 1 heterocycles. The Kier molecular flexibility index (Phi) is 4.05. The predicted molar refractivity (Wildman–Crippen MR) is 73.0 cm³/mol. The van der Waals surface area contributed by atoms with E-state index in [4.69, 9.17) is 0 Å². The van der Waals surface area contributed by atoms with E-state index in [1.807, 2.05) is 0 Å². The molecule has 0 aliphatic carbocycles. The average molecular weight is 301 g/mol. The highest BCUT2D eigenvalue weighted by Gasteiger charge is 2.26. The molecule has 4 heteroatoms. The lowest BCUT2D eigenvalue weighted by Gasteiger charge is -2.41. The second-order valence-electron chi connectivity index (χ2n) is 4.62. The third kappa shape index (κ3) is 2.80. The Hall–Kier alpha value is -0.610. The Balaban J connectivity index is 2.31. The fourth-order valence-corrected chi connectivity index (χ4v) is 2.80. The Labute approximate surface area is 110 Å². The zero-order valence-electron chi connectivity index (χ0n) is 10.2. The van der Waals surface area contributed by atoms with Gasteiger partial charge in [0.25, 0.3) is 0 Å². The van der Waals surface area contributed by atoms with Crippen molar-refractivity contribution in [3.8, 4) is 0 Å². The minimum atomic E-state index is -0.177. The number of hydrogen-bond donors (Lipinski definition) is 1. The second kappa shape index (κ2) is 5.36. The van der Waals surface area contributed by atoms with E-state index in [9.17, 15) is 4.39 Å². The molecule has 0 bridgehead atoms. The maximum Gasteiger partial charge on any atom is 0.125 e. The highest BCUT2D eigenvalue weighted by atomic mass is 79.9. The molecule has 0 spiro atoms. The number of benzene rings is 1. The van der Waals surface area contributed by atoms with Crippen molar-refractivity contribution in [1.29, 1.82) is 0 Å². The van der Waals surface area contributed by atoms with Gasteiger partial charge in [-0.15, -0.1) is 0 Å². The van der Waals surface area contributed by atoms with E-state index in [1.165, 1.54) is 6.07 Å². The first-order valence-electron chi connectivity index (χ1n) is 6.07. The van der Waals surface area contributed by atoms with Crippen LogP contribution in [0.5, 0.6) is 0 Å². The Bertz CT molecular complexity index is 397. The molecule has 1 fully saturated rings. The SMILES string of the molecule is CCC1CNC(C)CN1c1cc(F)ccc1Br. The van der Waals surface area contributed by atoms with Crippen LogP contribution in [0.3, 0.4) is 0 Å². The lowest BCUT2D eigenvalue weighted by molar-refractivity contribution is 0.401. The second-order valence-corrected chi connectivity index (χ2v) is 5.47. The van der Waals surface area contributed by atoms with Crippen LogP contribution in [0.1, 0.15) is 20.3 Å². The summed E-state index contributed by atoms with van der Waals surface area (Å²) in [6.45, 7) is 6.20. The van der Waals surface area contributed by atoms with Crippen LogP contribution in [0.2, 0.25) is 0 Å². The van der Waals surface area contributed by atoms with Gasteiger partial charge in [0, 0.05) is 29.6 Å². The fourth-order valence-electron chi connectivity index (χ4n) is 2.32. The molecule has 94 valence electrons. The number of hydrogen-bond acceptors (Lipinski definition) is 2. The van der Waals surface area contributed by atoms with Crippen molar-refractivity contribution in [2.45, 2.75) is 32.4 Å². The molecule has 1 saturated heterocycles. The summed E-state index contributed by atoms with van der Waals surface area (Å²) in [5.41, 5.74) is 0.963. The predicted octanol–water partition coefficient (Wildman–Crippen LogP) is 3.16. The van der Waals surface area contributed by atoms with E-state index in [-0.39, 0.29) is 5.82 Å². The summed E-state index contributed by atoms with van der Waals surface area (Å²) in [7, 11) is 0. The van der Waals surface area contributed by atoms with Gasteiger partial charge in [0.05, 0.1) is 5.69 Å². The van der Waals surface area contributed by atoms with Crippen LogP contribution in [-0.4, -0.2) is 25.2 Å². The smallest absolute Gasteiger partial charge is 0.125 e. The lowest BCUT2D eigenvalue weighted by Crippen LogP contribution is -2.55. The molecular weight excluding hydrogens is 283 g/mol. The lowest BCUT2D eigenvalue weighted by atomic mass is 10.1. The number of piperazine rings is 1. The first-order chi connectivity index (χ1) is 8.11. The molecule has 0 saturated carbocycles. The maximum atomic E-state index is 13.4. The molecule has 0 aromatic heterocycles. The molecule has 2 atom stereocenters. The average Bonchev–Trinajstić information content (AvgIpc) is 2.32. The monoisotopic (exact) mass is 300 g/mol. The van der Waals surface area contributed by atoms with Crippen LogP contribution in [0.15, 0.2) is 22.7 Å². The van der Waals surface area contributed by atoms with Crippen molar-refractivity contribution >= 4 is 21.6 Å². The van der Waals surface area contributed by atoms with Crippen LogP contribution in [0, 0.1) is 5.82 Å². The highest BCUT2D eigenvalue weighted by molar-refractivity contribution is 9.10. The van der Waals surface area contributed by atoms with Gasteiger partial charge in [-0.2, -0.15) is 0 Å². The van der Waals surface area contributed by atoms with Crippen LogP contribution in [0.4, 0.5) is 10.1 Å². The number of rotatable bonds is 2. The van der Waals surface area contributed by atoms with E-state index >= 15 is 0 Å². The van der Waals surface area contributed by atoms with E-state index in [1.54, 1.807) is 12.1 Å². The van der Waals surface area contributed by atoms with Crippen LogP contribution in [0.25, 0.3) is 0 Å². The van der Waals surface area contributed by atoms with Gasteiger partial charge < -0.3 is 10.2 Å². The molecule has 1 N–H and O–H groups in total. The third-order valence-electron chi connectivity index (χ3n) is 3.30. The quantitative estimate of drug-likeness (QED) is 0.902. The summed E-state index contributed by atoms with van der Waals surface area (Å²) in [6.07, 6.45) is 1.06. The van der Waals surface area contributed by atoms with Crippen molar-refractivity contribution in [1.82, 2.24) is 5.32 Å². The zero-order chi connectivity index (χ0) is 12.4. The molecule has 2 unspecified atom stereocenters. The summed E-state index contributed by atoms with van der Waals surface area (Å²) in [5.74, 6) is -0.177. The molecular formula is C13H18BrFN2. The molecule has 17 heavy (non-hydrogen) atoms. The summed E-state index contributed by atoms with van der Waals surface area (Å²) in [5, 5.41) is 3.47. The standard InChI is InChI=1S/C13H18BrFN2/c1-3-11-7-16-9(2)8-17(11)13-6-10(15)4-5-12(13)14/h4-6,9,11,16H,3,7-8H2,1-2H3. The van der Waals surface area contributed by atoms with E-state index in [2.05, 4.69) is 40.0 Å². The van der Waals surface area contributed by atoms with Gasteiger partial charge in [-0.1, -0.05) is 6.92 Å². The van der Waals surface area contributed by atoms with Crippen molar-refractivity contribution in [2.24, 2.45) is 0 Å². The van der Waals surface area contributed by atoms with Gasteiger partial charge >= 0.3 is 0 Å². The molecule has 0 amide bonds. The van der Waals surface area contributed by atoms with Crippen molar-refractivity contribution in [2.75, 3.05) is 18.0 Å². The summed E-state index contributed by atoms with van der Waals surface area (Å²) in [4.78, 5) is 2.30. The van der Waals surface area contributed by atoms with Crippen LogP contribution < -0.4 is 10.2 Å². The van der Waals surface area contributed by atoms with Gasteiger partial charge in [0.1, 0.15) is 5.82 Å². The van der Waals surface area contributed by atoms with Gasteiger partial charge in [0.15, 0.2) is 0 Å².